The molecule has 3 heteroatoms. The van der Waals surface area contributed by atoms with Crippen LogP contribution in [-0.2, 0) is 9.53 Å². The predicted molar refractivity (Wildman–Crippen MR) is 65.6 cm³/mol. The first-order valence-electron chi connectivity index (χ1n) is 7.11. The quantitative estimate of drug-likeness (QED) is 0.705. The summed E-state index contributed by atoms with van der Waals surface area (Å²) in [6.07, 6.45) is 8.63. The summed E-state index contributed by atoms with van der Waals surface area (Å²) in [6, 6.07) is 0. The molecule has 3 rings (SSSR count). The molecule has 2 aliphatic carbocycles. The van der Waals surface area contributed by atoms with E-state index in [9.17, 15) is 4.79 Å². The molecule has 3 aliphatic rings. The molecule has 0 aromatic rings. The summed E-state index contributed by atoms with van der Waals surface area (Å²) in [5, 5.41) is 0. The van der Waals surface area contributed by atoms with Crippen LogP contribution in [0.25, 0.3) is 0 Å². The van der Waals surface area contributed by atoms with E-state index in [1.807, 2.05) is 0 Å². The molecule has 3 nitrogen and oxygen atoms in total. The van der Waals surface area contributed by atoms with Gasteiger partial charge in [-0.3, -0.25) is 9.69 Å². The number of hydrogen-bond donors (Lipinski definition) is 0. The van der Waals surface area contributed by atoms with E-state index in [-0.39, 0.29) is 11.5 Å². The molecule has 0 aromatic carbocycles. The van der Waals surface area contributed by atoms with E-state index < -0.39 is 0 Å². The molecule has 0 spiro atoms. The number of likely N-dealkylation sites (tertiary alicyclic amines) is 1. The van der Waals surface area contributed by atoms with Crippen molar-refractivity contribution >= 4 is 5.97 Å². The first-order chi connectivity index (χ1) is 8.29. The van der Waals surface area contributed by atoms with Crippen LogP contribution in [-0.4, -0.2) is 36.6 Å². The summed E-state index contributed by atoms with van der Waals surface area (Å²) in [5.41, 5.74) is 0.208. The zero-order valence-corrected chi connectivity index (χ0v) is 10.8. The fourth-order valence-corrected chi connectivity index (χ4v) is 4.50. The van der Waals surface area contributed by atoms with Gasteiger partial charge in [0.2, 0.25) is 0 Å². The molecule has 0 N–H and O–H groups in total. The van der Waals surface area contributed by atoms with Crippen LogP contribution in [0.5, 0.6) is 0 Å². The lowest BCUT2D eigenvalue weighted by Gasteiger charge is -2.29. The molecule has 0 bridgehead atoms. The number of rotatable bonds is 3. The number of esters is 1. The molecule has 96 valence electrons. The molecule has 0 radical (unpaired) electrons. The molecule has 3 atom stereocenters. The van der Waals surface area contributed by atoms with Gasteiger partial charge in [-0.15, -0.1) is 0 Å². The van der Waals surface area contributed by atoms with E-state index in [1.165, 1.54) is 58.7 Å². The maximum Gasteiger partial charge on any atom is 0.307 e. The maximum absolute atomic E-state index is 11.7. The molecule has 3 fully saturated rings. The van der Waals surface area contributed by atoms with Gasteiger partial charge in [0.25, 0.3) is 0 Å². The summed E-state index contributed by atoms with van der Waals surface area (Å²) in [4.78, 5) is 14.3. The molecule has 1 saturated heterocycles. The smallest absolute Gasteiger partial charge is 0.307 e. The highest BCUT2D eigenvalue weighted by atomic mass is 16.5. The van der Waals surface area contributed by atoms with Gasteiger partial charge in [-0.05, 0) is 50.6 Å². The molecular formula is C14H23NO2. The lowest BCUT2D eigenvalue weighted by atomic mass is 10.0. The summed E-state index contributed by atoms with van der Waals surface area (Å²) in [7, 11) is 1.52. The summed E-state index contributed by atoms with van der Waals surface area (Å²) >= 11 is 0. The Morgan fingerprint density at radius 3 is 2.29 bits per heavy atom. The van der Waals surface area contributed by atoms with E-state index >= 15 is 0 Å². The topological polar surface area (TPSA) is 29.5 Å². The van der Waals surface area contributed by atoms with Gasteiger partial charge in [0.05, 0.1) is 13.5 Å². The van der Waals surface area contributed by atoms with Crippen LogP contribution >= 0.6 is 0 Å². The van der Waals surface area contributed by atoms with Crippen LogP contribution in [0, 0.1) is 11.8 Å². The zero-order valence-electron chi connectivity index (χ0n) is 10.8. The van der Waals surface area contributed by atoms with Crippen LogP contribution < -0.4 is 0 Å². The third-order valence-corrected chi connectivity index (χ3v) is 5.29. The SMILES string of the molecule is COC(=O)CC1(N2CCCC2)[C@@H]2CCCC[C@@H]21. The standard InChI is InChI=1S/C14H23NO2/c1-17-13(16)10-14(15-8-4-5-9-15)11-6-2-3-7-12(11)14/h11-12H,2-10H2,1H3/t11-,12+,14?. The molecular weight excluding hydrogens is 214 g/mol. The monoisotopic (exact) mass is 237 g/mol. The normalized spacial score (nSPS) is 41.0. The lowest BCUT2D eigenvalue weighted by molar-refractivity contribution is -0.142. The van der Waals surface area contributed by atoms with Crippen LogP contribution in [0.2, 0.25) is 0 Å². The van der Waals surface area contributed by atoms with Gasteiger partial charge in [0.1, 0.15) is 0 Å². The second-order valence-electron chi connectivity index (χ2n) is 5.94. The van der Waals surface area contributed by atoms with E-state index in [0.717, 1.165) is 11.8 Å². The van der Waals surface area contributed by atoms with Gasteiger partial charge < -0.3 is 4.74 Å². The summed E-state index contributed by atoms with van der Waals surface area (Å²) < 4.78 is 4.93. The number of nitrogens with zero attached hydrogens (tertiary/aromatic N) is 1. The van der Waals surface area contributed by atoms with Crippen molar-refractivity contribution in [1.29, 1.82) is 0 Å². The van der Waals surface area contributed by atoms with E-state index in [0.29, 0.717) is 6.42 Å². The number of methoxy groups -OCH3 is 1. The highest BCUT2D eigenvalue weighted by Crippen LogP contribution is 2.64. The Morgan fingerprint density at radius 2 is 1.76 bits per heavy atom. The van der Waals surface area contributed by atoms with Crippen LogP contribution in [0.15, 0.2) is 0 Å². The van der Waals surface area contributed by atoms with E-state index in [2.05, 4.69) is 4.90 Å². The molecule has 0 aromatic heterocycles. The van der Waals surface area contributed by atoms with Crippen molar-refractivity contribution in [2.24, 2.45) is 11.8 Å². The minimum Gasteiger partial charge on any atom is -0.469 e. The van der Waals surface area contributed by atoms with Gasteiger partial charge >= 0.3 is 5.97 Å². The Bertz CT molecular complexity index is 297. The van der Waals surface area contributed by atoms with Crippen LogP contribution in [0.4, 0.5) is 0 Å². The predicted octanol–water partition coefficient (Wildman–Crippen LogP) is 2.20. The number of hydrogen-bond acceptors (Lipinski definition) is 3. The highest BCUT2D eigenvalue weighted by molar-refractivity contribution is 5.72. The highest BCUT2D eigenvalue weighted by Gasteiger charge is 2.67. The summed E-state index contributed by atoms with van der Waals surface area (Å²) in [5.74, 6) is 1.56. The molecule has 0 amide bonds. The Kier molecular flexibility index (Phi) is 2.89. The lowest BCUT2D eigenvalue weighted by Crippen LogP contribution is -2.40. The summed E-state index contributed by atoms with van der Waals surface area (Å²) in [6.45, 7) is 2.40. The molecule has 1 heterocycles. The molecule has 1 aliphatic heterocycles. The van der Waals surface area contributed by atoms with Gasteiger partial charge in [-0.2, -0.15) is 0 Å². The number of carbonyl (C=O) groups is 1. The van der Waals surface area contributed by atoms with Crippen molar-refractivity contribution in [3.8, 4) is 0 Å². The van der Waals surface area contributed by atoms with Crippen molar-refractivity contribution in [3.05, 3.63) is 0 Å². The maximum atomic E-state index is 11.7. The second kappa shape index (κ2) is 4.27. The Labute approximate surface area is 104 Å². The first kappa shape index (κ1) is 11.5. The Morgan fingerprint density at radius 1 is 1.18 bits per heavy atom. The third kappa shape index (κ3) is 1.70. The van der Waals surface area contributed by atoms with Crippen molar-refractivity contribution in [2.75, 3.05) is 20.2 Å². The number of fused-ring (bicyclic) bond motifs is 1. The molecule has 1 unspecified atom stereocenters. The average molecular weight is 237 g/mol. The second-order valence-corrected chi connectivity index (χ2v) is 5.94. The molecule has 2 saturated carbocycles. The fraction of sp³-hybridized carbons (Fsp3) is 0.929. The van der Waals surface area contributed by atoms with E-state index in [1.54, 1.807) is 0 Å². The fourth-order valence-electron chi connectivity index (χ4n) is 4.50. The van der Waals surface area contributed by atoms with Crippen LogP contribution in [0.3, 0.4) is 0 Å². The van der Waals surface area contributed by atoms with Crippen molar-refractivity contribution in [2.45, 2.75) is 50.5 Å². The van der Waals surface area contributed by atoms with E-state index in [4.69, 9.17) is 4.74 Å². The van der Waals surface area contributed by atoms with Gasteiger partial charge in [-0.25, -0.2) is 0 Å². The third-order valence-electron chi connectivity index (χ3n) is 5.29. The van der Waals surface area contributed by atoms with Gasteiger partial charge in [0, 0.05) is 5.54 Å². The zero-order chi connectivity index (χ0) is 11.9. The Hall–Kier alpha value is -0.570. The number of ether oxygens (including phenoxy) is 1. The minimum absolute atomic E-state index is 0.00806. The van der Waals surface area contributed by atoms with Crippen LogP contribution in [0.1, 0.15) is 44.9 Å². The van der Waals surface area contributed by atoms with Gasteiger partial charge in [0.15, 0.2) is 0 Å². The largest absolute Gasteiger partial charge is 0.469 e. The Balaban J connectivity index is 1.79. The van der Waals surface area contributed by atoms with Crippen molar-refractivity contribution in [3.63, 3.8) is 0 Å². The number of carbonyl (C=O) groups excluding carboxylic acids is 1. The molecule has 17 heavy (non-hydrogen) atoms. The average Bonchev–Trinajstić information content (AvgIpc) is 2.78. The minimum atomic E-state index is -0.00806. The van der Waals surface area contributed by atoms with Gasteiger partial charge in [-0.1, -0.05) is 12.8 Å². The van der Waals surface area contributed by atoms with Crippen molar-refractivity contribution in [1.82, 2.24) is 4.90 Å². The first-order valence-corrected chi connectivity index (χ1v) is 7.11. The van der Waals surface area contributed by atoms with Crippen molar-refractivity contribution < 1.29 is 9.53 Å².